The summed E-state index contributed by atoms with van der Waals surface area (Å²) in [6.45, 7) is 25.7. The van der Waals surface area contributed by atoms with Gasteiger partial charge >= 0.3 is 17.9 Å². The van der Waals surface area contributed by atoms with E-state index in [4.69, 9.17) is 106 Å². The van der Waals surface area contributed by atoms with Crippen LogP contribution < -0.4 is 28.4 Å². The number of halogens is 9. The van der Waals surface area contributed by atoms with Gasteiger partial charge in [0, 0.05) is 7.14 Å². The zero-order valence-electron chi connectivity index (χ0n) is 35.7. The van der Waals surface area contributed by atoms with Crippen LogP contribution in [0.25, 0.3) is 14.5 Å². The van der Waals surface area contributed by atoms with Gasteiger partial charge in [-0.05, 0) is 187 Å². The maximum absolute atomic E-state index is 12.0. The Morgan fingerprint density at radius 1 is 0.464 bits per heavy atom. The number of esters is 3. The molecule has 0 atom stereocenters. The molecule has 0 heterocycles. The monoisotopic (exact) mass is 1380 g/mol. The van der Waals surface area contributed by atoms with Gasteiger partial charge in [-0.2, -0.15) is 0 Å². The van der Waals surface area contributed by atoms with E-state index in [2.05, 4.69) is 46.4 Å². The summed E-state index contributed by atoms with van der Waals surface area (Å²) >= 11 is 40.6. The van der Waals surface area contributed by atoms with Gasteiger partial charge in [0.2, 0.25) is 0 Å². The van der Waals surface area contributed by atoms with Crippen LogP contribution in [0.5, 0.6) is 34.5 Å². The molecule has 354 valence electrons. The lowest BCUT2D eigenvalue weighted by atomic mass is 10.2. The van der Waals surface area contributed by atoms with Gasteiger partial charge in [-0.3, -0.25) is 0 Å². The summed E-state index contributed by atoms with van der Waals surface area (Å²) in [4.78, 5) is 45.6. The van der Waals surface area contributed by atoms with E-state index in [0.29, 0.717) is 71.3 Å². The number of aryl methyl sites for hydroxylation is 3. The molecule has 6 aromatic rings. The van der Waals surface area contributed by atoms with Gasteiger partial charge in [-0.15, -0.1) is 0 Å². The second-order valence-corrected chi connectivity index (χ2v) is 19.7. The second-order valence-electron chi connectivity index (χ2n) is 13.6. The molecule has 0 fully saturated rings. The smallest absolute Gasteiger partial charge is 0.349 e. The number of carbonyl (C=O) groups excluding carboxylic acids is 3. The standard InChI is InChI=1S/C16H10Br2ClNO3.C16H10Cl3NO3.C16H10ClI2NO3/c1-9-3-4-14(13(19)5-9)22-8-15(21)23-16-11(17)6-10(20-2)7-12(16)18;2*1-9-3-4-14(11(17)5-9)22-8-15(21)23-16-12(18)6-10(20-2)7-13(16)19/h3*3-7H,8H2,1H3. The summed E-state index contributed by atoms with van der Waals surface area (Å²) in [6, 6.07) is 25.0. The minimum absolute atomic E-state index is 0.00987. The maximum atomic E-state index is 12.0. The third kappa shape index (κ3) is 18.0. The average Bonchev–Trinajstić information content (AvgIpc) is 3.29. The number of hydrogen-bond donors (Lipinski definition) is 0. The molecular weight excluding hydrogens is 1350 g/mol. The van der Waals surface area contributed by atoms with Crippen LogP contribution in [0.15, 0.2) is 99.9 Å². The Labute approximate surface area is 466 Å². The molecular formula is C48H30Br2Cl5I2N3O9. The van der Waals surface area contributed by atoms with Crippen LogP contribution in [-0.4, -0.2) is 37.7 Å². The summed E-state index contributed by atoms with van der Waals surface area (Å²) in [5, 5.41) is 1.43. The molecule has 0 bridgehead atoms. The lowest BCUT2D eigenvalue weighted by molar-refractivity contribution is -0.137. The number of ether oxygens (including phenoxy) is 6. The van der Waals surface area contributed by atoms with Crippen molar-refractivity contribution in [2.45, 2.75) is 20.8 Å². The molecule has 0 aliphatic rings. The third-order valence-electron chi connectivity index (χ3n) is 8.28. The lowest BCUT2D eigenvalue weighted by Gasteiger charge is -2.11. The van der Waals surface area contributed by atoms with Crippen LogP contribution in [0.1, 0.15) is 16.7 Å². The maximum Gasteiger partial charge on any atom is 0.349 e. The Balaban J connectivity index is 0.000000225. The Morgan fingerprint density at radius 3 is 1.10 bits per heavy atom. The fourth-order valence-corrected chi connectivity index (χ4v) is 9.84. The molecule has 0 saturated carbocycles. The minimum Gasteiger partial charge on any atom is -0.480 e. The van der Waals surface area contributed by atoms with Crippen LogP contribution >= 0.6 is 135 Å². The van der Waals surface area contributed by atoms with E-state index in [1.807, 2.05) is 84.2 Å². The zero-order valence-corrected chi connectivity index (χ0v) is 47.0. The van der Waals surface area contributed by atoms with Gasteiger partial charge < -0.3 is 28.4 Å². The summed E-state index contributed by atoms with van der Waals surface area (Å²) < 4.78 is 34.1. The molecule has 0 radical (unpaired) electrons. The van der Waals surface area contributed by atoms with Crippen molar-refractivity contribution in [3.05, 3.63) is 183 Å². The second kappa shape index (κ2) is 27.8. The number of hydrogen-bond acceptors (Lipinski definition) is 9. The molecule has 0 aromatic heterocycles. The number of carbonyl (C=O) groups is 3. The molecule has 12 nitrogen and oxygen atoms in total. The Morgan fingerprint density at radius 2 is 0.768 bits per heavy atom. The number of rotatable bonds is 12. The zero-order chi connectivity index (χ0) is 50.9. The first-order valence-corrected chi connectivity index (χ1v) is 24.7. The molecule has 0 N–H and O–H groups in total. The third-order valence-corrected chi connectivity index (χ3v) is 12.5. The van der Waals surface area contributed by atoms with Crippen LogP contribution in [0.4, 0.5) is 17.1 Å². The van der Waals surface area contributed by atoms with Crippen molar-refractivity contribution in [1.29, 1.82) is 0 Å². The molecule has 6 aromatic carbocycles. The minimum atomic E-state index is -0.694. The topological polar surface area (TPSA) is 120 Å². The molecule has 0 spiro atoms. The molecule has 0 aliphatic carbocycles. The van der Waals surface area contributed by atoms with Gasteiger partial charge in [0.1, 0.15) is 17.2 Å². The highest BCUT2D eigenvalue weighted by molar-refractivity contribution is 14.1. The van der Waals surface area contributed by atoms with Gasteiger partial charge in [0.25, 0.3) is 0 Å². The quantitative estimate of drug-likeness (QED) is 0.0510. The van der Waals surface area contributed by atoms with E-state index in [1.165, 1.54) is 12.1 Å². The van der Waals surface area contributed by atoms with Crippen molar-refractivity contribution >= 4 is 170 Å². The molecule has 0 saturated heterocycles. The van der Waals surface area contributed by atoms with Crippen molar-refractivity contribution in [1.82, 2.24) is 0 Å². The van der Waals surface area contributed by atoms with Crippen LogP contribution in [0.3, 0.4) is 0 Å². The molecule has 6 rings (SSSR count). The Kier molecular flexibility index (Phi) is 22.9. The molecule has 0 amide bonds. The van der Waals surface area contributed by atoms with Crippen molar-refractivity contribution in [2.75, 3.05) is 19.8 Å². The van der Waals surface area contributed by atoms with E-state index in [9.17, 15) is 14.4 Å². The Bertz CT molecular complexity index is 2660. The first-order chi connectivity index (χ1) is 32.7. The SMILES string of the molecule is [C-]#[N+]c1cc(Br)c(OC(=O)COc2ccc(C)cc2Cl)c(Br)c1.[C-]#[N+]c1cc(Cl)c(OC(=O)COc2ccc(C)cc2Cl)c(Cl)c1.[C-]#[N+]c1cc(I)c(OC(=O)COc2ccc(C)cc2Cl)c(I)c1. The average molecular weight is 1380 g/mol. The molecule has 0 unspecified atom stereocenters. The molecule has 0 aliphatic heterocycles. The number of benzene rings is 6. The van der Waals surface area contributed by atoms with Crippen molar-refractivity contribution in [3.8, 4) is 34.5 Å². The van der Waals surface area contributed by atoms with Crippen LogP contribution in [0.2, 0.25) is 25.1 Å². The van der Waals surface area contributed by atoms with Gasteiger partial charge in [-0.25, -0.2) is 28.9 Å². The van der Waals surface area contributed by atoms with Gasteiger partial charge in [0.05, 0.1) is 53.8 Å². The van der Waals surface area contributed by atoms with Gasteiger partial charge in [-0.1, -0.05) is 76.2 Å². The summed E-state index contributed by atoms with van der Waals surface area (Å²) in [6.07, 6.45) is 0. The van der Waals surface area contributed by atoms with E-state index >= 15 is 0 Å². The molecule has 21 heteroatoms. The largest absolute Gasteiger partial charge is 0.480 e. The highest BCUT2D eigenvalue weighted by Crippen LogP contribution is 2.39. The van der Waals surface area contributed by atoms with E-state index in [-0.39, 0.29) is 41.3 Å². The summed E-state index contributed by atoms with van der Waals surface area (Å²) in [7, 11) is 0. The van der Waals surface area contributed by atoms with E-state index in [0.717, 1.165) is 16.7 Å². The summed E-state index contributed by atoms with van der Waals surface area (Å²) in [5.41, 5.74) is 4.16. The first-order valence-electron chi connectivity index (χ1n) is 19.1. The predicted molar refractivity (Wildman–Crippen MR) is 291 cm³/mol. The first kappa shape index (κ1) is 57.1. The molecule has 69 heavy (non-hydrogen) atoms. The number of nitrogens with zero attached hydrogens (tertiary/aromatic N) is 3. The Hall–Kier alpha value is -4.53. The van der Waals surface area contributed by atoms with Crippen molar-refractivity contribution in [2.24, 2.45) is 0 Å². The van der Waals surface area contributed by atoms with E-state index in [1.54, 1.807) is 60.7 Å². The van der Waals surface area contributed by atoms with Crippen LogP contribution in [-0.2, 0) is 14.4 Å². The van der Waals surface area contributed by atoms with Crippen molar-refractivity contribution in [3.63, 3.8) is 0 Å². The van der Waals surface area contributed by atoms with Crippen molar-refractivity contribution < 1.29 is 42.8 Å². The fraction of sp³-hybridized carbons (Fsp3) is 0.125. The highest BCUT2D eigenvalue weighted by Gasteiger charge is 2.18. The van der Waals surface area contributed by atoms with E-state index < -0.39 is 17.9 Å². The predicted octanol–water partition coefficient (Wildman–Crippen LogP) is 16.6. The fourth-order valence-electron chi connectivity index (χ4n) is 5.13. The van der Waals surface area contributed by atoms with Gasteiger partial charge in [0.15, 0.2) is 54.1 Å². The normalized spacial score (nSPS) is 10.0. The lowest BCUT2D eigenvalue weighted by Crippen LogP contribution is -2.18. The summed E-state index contributed by atoms with van der Waals surface area (Å²) in [5.74, 6) is 0.118. The highest BCUT2D eigenvalue weighted by atomic mass is 127. The van der Waals surface area contributed by atoms with Crippen LogP contribution in [0, 0.1) is 47.6 Å².